The van der Waals surface area contributed by atoms with E-state index in [0.29, 0.717) is 37.5 Å². The van der Waals surface area contributed by atoms with E-state index in [0.717, 1.165) is 16.6 Å². The van der Waals surface area contributed by atoms with Crippen LogP contribution in [0.15, 0.2) is 23.2 Å². The summed E-state index contributed by atoms with van der Waals surface area (Å²) in [7, 11) is 1.63. The minimum atomic E-state index is 0.118. The first-order valence-electron chi connectivity index (χ1n) is 7.41. The van der Waals surface area contributed by atoms with Gasteiger partial charge in [0, 0.05) is 11.9 Å². The Morgan fingerprint density at radius 1 is 1.39 bits per heavy atom. The van der Waals surface area contributed by atoms with Crippen molar-refractivity contribution in [3.8, 4) is 5.75 Å². The molecule has 1 aliphatic heterocycles. The second-order valence-electron chi connectivity index (χ2n) is 5.22. The highest BCUT2D eigenvalue weighted by atomic mass is 16.5. The molecule has 122 valence electrons. The van der Waals surface area contributed by atoms with E-state index in [1.54, 1.807) is 7.11 Å². The zero-order valence-corrected chi connectivity index (χ0v) is 13.2. The number of benzene rings is 1. The van der Waals surface area contributed by atoms with Gasteiger partial charge in [-0.25, -0.2) is 15.0 Å². The van der Waals surface area contributed by atoms with Crippen LogP contribution >= 0.6 is 0 Å². The minimum absolute atomic E-state index is 0.118. The van der Waals surface area contributed by atoms with Crippen molar-refractivity contribution in [2.24, 2.45) is 4.99 Å². The molecule has 0 saturated heterocycles. The molecule has 0 bridgehead atoms. The lowest BCUT2D eigenvalue weighted by Gasteiger charge is -2.26. The quantitative estimate of drug-likeness (QED) is 0.757. The molecule has 1 aliphatic rings. The molecule has 2 aromatic rings. The lowest BCUT2D eigenvalue weighted by atomic mass is 10.2. The molecular formula is C15H20N6O2. The third-order valence-corrected chi connectivity index (χ3v) is 3.65. The molecule has 3 N–H and O–H groups in total. The van der Waals surface area contributed by atoms with Gasteiger partial charge in [-0.05, 0) is 13.0 Å². The summed E-state index contributed by atoms with van der Waals surface area (Å²) in [6.07, 6.45) is 0. The third-order valence-electron chi connectivity index (χ3n) is 3.65. The fraction of sp³-hybridized carbons (Fsp3) is 0.400. The minimum Gasteiger partial charge on any atom is -0.494 e. The monoisotopic (exact) mass is 316 g/mol. The number of aromatic nitrogens is 2. The molecule has 0 fully saturated rings. The van der Waals surface area contributed by atoms with E-state index >= 15 is 0 Å². The first-order chi connectivity index (χ1) is 11.2. The molecule has 8 heteroatoms. The van der Waals surface area contributed by atoms with Gasteiger partial charge in [-0.15, -0.1) is 0 Å². The molecule has 0 saturated carbocycles. The number of β-amino-alcohol motifs (C(OH)–C–C–N with tert-alkyl or cyclic N) is 1. The second kappa shape index (κ2) is 6.76. The van der Waals surface area contributed by atoms with Crippen LogP contribution in [0.2, 0.25) is 0 Å². The van der Waals surface area contributed by atoms with Crippen LogP contribution in [-0.4, -0.2) is 59.5 Å². The number of hydrogen-bond acceptors (Lipinski definition) is 8. The number of para-hydroxylation sites is 1. The Morgan fingerprint density at radius 2 is 2.26 bits per heavy atom. The molecular weight excluding hydrogens is 296 g/mol. The largest absolute Gasteiger partial charge is 0.494 e. The number of fused-ring (bicyclic) bond motifs is 1. The smallest absolute Gasteiger partial charge is 0.230 e. The fourth-order valence-corrected chi connectivity index (χ4v) is 2.44. The Labute approximate surface area is 134 Å². The molecule has 23 heavy (non-hydrogen) atoms. The van der Waals surface area contributed by atoms with Crippen LogP contribution in [0.5, 0.6) is 5.75 Å². The third kappa shape index (κ3) is 3.33. The zero-order chi connectivity index (χ0) is 16.2. The second-order valence-corrected chi connectivity index (χ2v) is 5.22. The van der Waals surface area contributed by atoms with Gasteiger partial charge in [0.25, 0.3) is 0 Å². The summed E-state index contributed by atoms with van der Waals surface area (Å²) in [6.45, 7) is 3.78. The van der Waals surface area contributed by atoms with Gasteiger partial charge in [-0.3, -0.25) is 10.2 Å². The molecule has 1 aromatic carbocycles. The van der Waals surface area contributed by atoms with Gasteiger partial charge in [0.05, 0.1) is 32.7 Å². The van der Waals surface area contributed by atoms with E-state index in [1.165, 1.54) is 0 Å². The molecule has 0 unspecified atom stereocenters. The van der Waals surface area contributed by atoms with Crippen LogP contribution < -0.4 is 15.4 Å². The summed E-state index contributed by atoms with van der Waals surface area (Å²) in [5.41, 5.74) is 1.64. The van der Waals surface area contributed by atoms with Crippen molar-refractivity contribution >= 4 is 22.8 Å². The standard InChI is InChI=1S/C15H20N6O2/c1-10-11-4-3-5-12(23-2)13(11)19-15(18-10)20-14-16-8-21(6-7-22)9-17-14/h3-5,22H,6-9H2,1-2H3,(H2,16,17,18,19,20). The highest BCUT2D eigenvalue weighted by Crippen LogP contribution is 2.26. The van der Waals surface area contributed by atoms with E-state index in [4.69, 9.17) is 9.84 Å². The van der Waals surface area contributed by atoms with Crippen LogP contribution in [0.25, 0.3) is 10.9 Å². The molecule has 0 spiro atoms. The number of guanidine groups is 1. The Balaban J connectivity index is 1.84. The van der Waals surface area contributed by atoms with Gasteiger partial charge in [-0.2, -0.15) is 0 Å². The maximum atomic E-state index is 8.93. The average molecular weight is 316 g/mol. The summed E-state index contributed by atoms with van der Waals surface area (Å²) < 4.78 is 5.37. The zero-order valence-electron chi connectivity index (χ0n) is 13.2. The Bertz CT molecular complexity index is 733. The van der Waals surface area contributed by atoms with Gasteiger partial charge in [0.2, 0.25) is 11.9 Å². The van der Waals surface area contributed by atoms with Gasteiger partial charge in [0.1, 0.15) is 11.3 Å². The Morgan fingerprint density at radius 3 is 2.96 bits per heavy atom. The summed E-state index contributed by atoms with van der Waals surface area (Å²) in [5, 5.41) is 16.1. The molecule has 2 heterocycles. The van der Waals surface area contributed by atoms with Crippen molar-refractivity contribution in [2.45, 2.75) is 6.92 Å². The summed E-state index contributed by atoms with van der Waals surface area (Å²) in [6, 6.07) is 5.77. The normalized spacial score (nSPS) is 15.2. The van der Waals surface area contributed by atoms with Gasteiger partial charge in [-0.1, -0.05) is 12.1 Å². The lowest BCUT2D eigenvalue weighted by molar-refractivity contribution is 0.191. The molecule has 1 aromatic heterocycles. The van der Waals surface area contributed by atoms with Gasteiger partial charge >= 0.3 is 0 Å². The number of nitrogens with zero attached hydrogens (tertiary/aromatic N) is 4. The summed E-state index contributed by atoms with van der Waals surface area (Å²) >= 11 is 0. The topological polar surface area (TPSA) is 94.9 Å². The number of hydrogen-bond donors (Lipinski definition) is 3. The van der Waals surface area contributed by atoms with Crippen molar-refractivity contribution in [2.75, 3.05) is 38.9 Å². The number of aliphatic hydroxyl groups is 1. The summed E-state index contributed by atoms with van der Waals surface area (Å²) in [5.74, 6) is 1.80. The van der Waals surface area contributed by atoms with Gasteiger partial charge in [0.15, 0.2) is 0 Å². The number of rotatable bonds is 4. The number of aliphatic hydroxyl groups excluding tert-OH is 1. The maximum absolute atomic E-state index is 8.93. The molecule has 0 aliphatic carbocycles. The number of aryl methyl sites for hydroxylation is 1. The maximum Gasteiger partial charge on any atom is 0.230 e. The molecule has 3 rings (SSSR count). The first kappa shape index (κ1) is 15.4. The van der Waals surface area contributed by atoms with Crippen molar-refractivity contribution in [1.82, 2.24) is 20.2 Å². The van der Waals surface area contributed by atoms with E-state index in [1.807, 2.05) is 30.0 Å². The lowest BCUT2D eigenvalue weighted by Crippen LogP contribution is -2.46. The van der Waals surface area contributed by atoms with Crippen molar-refractivity contribution in [3.05, 3.63) is 23.9 Å². The van der Waals surface area contributed by atoms with Crippen molar-refractivity contribution in [3.63, 3.8) is 0 Å². The van der Waals surface area contributed by atoms with Crippen LogP contribution in [0, 0.1) is 6.92 Å². The summed E-state index contributed by atoms with van der Waals surface area (Å²) in [4.78, 5) is 15.4. The van der Waals surface area contributed by atoms with Crippen molar-refractivity contribution in [1.29, 1.82) is 0 Å². The van der Waals surface area contributed by atoms with E-state index in [2.05, 4.69) is 25.6 Å². The molecule has 8 nitrogen and oxygen atoms in total. The van der Waals surface area contributed by atoms with Crippen LogP contribution in [0.4, 0.5) is 5.95 Å². The van der Waals surface area contributed by atoms with Crippen LogP contribution in [-0.2, 0) is 0 Å². The van der Waals surface area contributed by atoms with Gasteiger partial charge < -0.3 is 15.2 Å². The van der Waals surface area contributed by atoms with E-state index in [9.17, 15) is 0 Å². The molecule has 0 atom stereocenters. The fourth-order valence-electron chi connectivity index (χ4n) is 2.44. The number of nitrogens with one attached hydrogen (secondary N) is 2. The highest BCUT2D eigenvalue weighted by molar-refractivity contribution is 5.94. The van der Waals surface area contributed by atoms with E-state index in [-0.39, 0.29) is 6.61 Å². The Kier molecular flexibility index (Phi) is 4.54. The van der Waals surface area contributed by atoms with Crippen molar-refractivity contribution < 1.29 is 9.84 Å². The predicted molar refractivity (Wildman–Crippen MR) is 88.5 cm³/mol. The number of methoxy groups -OCH3 is 1. The SMILES string of the molecule is COc1cccc2c(C)nc(NC3=NCN(CCO)CN3)nc12. The number of anilines is 1. The van der Waals surface area contributed by atoms with Crippen LogP contribution in [0.3, 0.4) is 0 Å². The first-order valence-corrected chi connectivity index (χ1v) is 7.41. The number of ether oxygens (including phenoxy) is 1. The average Bonchev–Trinajstić information content (AvgIpc) is 2.56. The predicted octanol–water partition coefficient (Wildman–Crippen LogP) is 0.527. The molecule has 0 amide bonds. The highest BCUT2D eigenvalue weighted by Gasteiger charge is 2.14. The van der Waals surface area contributed by atoms with Crippen LogP contribution in [0.1, 0.15) is 5.69 Å². The Hall–Kier alpha value is -2.45. The van der Waals surface area contributed by atoms with E-state index < -0.39 is 0 Å². The molecule has 0 radical (unpaired) electrons. The number of aliphatic imine (C=N–C) groups is 1.